The van der Waals surface area contributed by atoms with E-state index in [-0.39, 0.29) is 6.04 Å². The van der Waals surface area contributed by atoms with E-state index < -0.39 is 0 Å². The molecule has 2 aromatic heterocycles. The van der Waals surface area contributed by atoms with Gasteiger partial charge in [-0.15, -0.1) is 5.10 Å². The van der Waals surface area contributed by atoms with Crippen molar-refractivity contribution in [1.29, 1.82) is 0 Å². The molecule has 1 aliphatic heterocycles. The summed E-state index contributed by atoms with van der Waals surface area (Å²) in [5, 5.41) is 16.0. The first-order valence-corrected chi connectivity index (χ1v) is 8.38. The summed E-state index contributed by atoms with van der Waals surface area (Å²) < 4.78 is 7.27. The minimum atomic E-state index is 0.110. The molecule has 1 fully saturated rings. The number of aromatic nitrogens is 5. The normalized spacial score (nSPS) is 18.6. The van der Waals surface area contributed by atoms with Crippen LogP contribution in [0.1, 0.15) is 23.1 Å². The summed E-state index contributed by atoms with van der Waals surface area (Å²) in [7, 11) is 2.07. The van der Waals surface area contributed by atoms with Crippen LogP contribution in [0.4, 0.5) is 0 Å². The number of hydrogen-bond donors (Lipinski definition) is 1. The van der Waals surface area contributed by atoms with Crippen LogP contribution in [0.5, 0.6) is 0 Å². The van der Waals surface area contributed by atoms with E-state index in [1.54, 1.807) is 4.68 Å². The molecule has 1 unspecified atom stereocenters. The van der Waals surface area contributed by atoms with Gasteiger partial charge in [-0.25, -0.2) is 4.68 Å². The zero-order chi connectivity index (χ0) is 17.4. The van der Waals surface area contributed by atoms with Crippen molar-refractivity contribution in [3.63, 3.8) is 0 Å². The molecule has 0 amide bonds. The smallest absolute Gasteiger partial charge is 0.280 e. The van der Waals surface area contributed by atoms with Crippen LogP contribution in [-0.4, -0.2) is 56.7 Å². The zero-order valence-corrected chi connectivity index (χ0v) is 14.6. The van der Waals surface area contributed by atoms with Gasteiger partial charge in [-0.05, 0) is 38.6 Å². The molecule has 0 bridgehead atoms. The molecule has 130 valence electrons. The Morgan fingerprint density at radius 3 is 2.96 bits per heavy atom. The Morgan fingerprint density at radius 2 is 2.16 bits per heavy atom. The lowest BCUT2D eigenvalue weighted by molar-refractivity contribution is 0.190. The molecule has 8 nitrogen and oxygen atoms in total. The largest absolute Gasteiger partial charge is 0.332 e. The standard InChI is InChI=1S/C17H21N7O/c1-11-5-4-6-13(9-11)24-12(2)15(20-22-24)17-19-16(21-25-17)14-10-18-7-8-23(14)3/h4-6,9,14,18H,7-8,10H2,1-3H3. The highest BCUT2D eigenvalue weighted by atomic mass is 16.5. The first-order chi connectivity index (χ1) is 12.1. The molecule has 3 heterocycles. The number of rotatable bonds is 3. The van der Waals surface area contributed by atoms with Crippen molar-refractivity contribution in [3.8, 4) is 17.3 Å². The zero-order valence-electron chi connectivity index (χ0n) is 14.6. The summed E-state index contributed by atoms with van der Waals surface area (Å²) in [5.41, 5.74) is 3.62. The maximum Gasteiger partial charge on any atom is 0.280 e. The Hall–Kier alpha value is -2.58. The highest BCUT2D eigenvalue weighted by Crippen LogP contribution is 2.24. The van der Waals surface area contributed by atoms with Gasteiger partial charge in [0, 0.05) is 19.6 Å². The van der Waals surface area contributed by atoms with Crippen molar-refractivity contribution >= 4 is 0 Å². The van der Waals surface area contributed by atoms with E-state index in [1.165, 1.54) is 5.56 Å². The van der Waals surface area contributed by atoms with Gasteiger partial charge < -0.3 is 9.84 Å². The van der Waals surface area contributed by atoms with Crippen molar-refractivity contribution in [2.24, 2.45) is 0 Å². The molecule has 0 radical (unpaired) electrons. The molecule has 4 rings (SSSR count). The second-order valence-corrected chi connectivity index (χ2v) is 6.43. The van der Waals surface area contributed by atoms with Gasteiger partial charge in [0.1, 0.15) is 0 Å². The number of nitrogens with one attached hydrogen (secondary N) is 1. The topological polar surface area (TPSA) is 84.9 Å². The quantitative estimate of drug-likeness (QED) is 0.774. The van der Waals surface area contributed by atoms with E-state index in [1.807, 2.05) is 19.1 Å². The van der Waals surface area contributed by atoms with Gasteiger partial charge >= 0.3 is 0 Å². The van der Waals surface area contributed by atoms with Crippen molar-refractivity contribution in [2.45, 2.75) is 19.9 Å². The summed E-state index contributed by atoms with van der Waals surface area (Å²) in [6.45, 7) is 6.74. The van der Waals surface area contributed by atoms with Crippen LogP contribution in [-0.2, 0) is 0 Å². The third-order valence-corrected chi connectivity index (χ3v) is 4.59. The van der Waals surface area contributed by atoms with Crippen LogP contribution in [0.15, 0.2) is 28.8 Å². The fraction of sp³-hybridized carbons (Fsp3) is 0.412. The minimum absolute atomic E-state index is 0.110. The predicted molar refractivity (Wildman–Crippen MR) is 92.4 cm³/mol. The van der Waals surface area contributed by atoms with Crippen molar-refractivity contribution in [2.75, 3.05) is 26.7 Å². The molecule has 25 heavy (non-hydrogen) atoms. The van der Waals surface area contributed by atoms with Gasteiger partial charge in [-0.1, -0.05) is 22.5 Å². The van der Waals surface area contributed by atoms with Gasteiger partial charge in [0.2, 0.25) is 0 Å². The molecule has 1 N–H and O–H groups in total. The highest BCUT2D eigenvalue weighted by Gasteiger charge is 2.27. The summed E-state index contributed by atoms with van der Waals surface area (Å²) in [6.07, 6.45) is 0. The fourth-order valence-corrected chi connectivity index (χ4v) is 3.09. The molecule has 1 atom stereocenters. The van der Waals surface area contributed by atoms with Crippen LogP contribution >= 0.6 is 0 Å². The van der Waals surface area contributed by atoms with Gasteiger partial charge in [-0.3, -0.25) is 4.90 Å². The molecule has 1 aromatic carbocycles. The average Bonchev–Trinajstić information content (AvgIpc) is 3.22. The highest BCUT2D eigenvalue weighted by molar-refractivity contribution is 5.51. The van der Waals surface area contributed by atoms with Crippen LogP contribution in [0.3, 0.4) is 0 Å². The second kappa shape index (κ2) is 6.38. The maximum absolute atomic E-state index is 5.47. The lowest BCUT2D eigenvalue weighted by Crippen LogP contribution is -2.44. The van der Waals surface area contributed by atoms with Crippen molar-refractivity contribution in [3.05, 3.63) is 41.3 Å². The van der Waals surface area contributed by atoms with Crippen LogP contribution < -0.4 is 5.32 Å². The molecule has 8 heteroatoms. The van der Waals surface area contributed by atoms with Gasteiger partial charge in [-0.2, -0.15) is 4.98 Å². The summed E-state index contributed by atoms with van der Waals surface area (Å²) in [5.74, 6) is 1.08. The first kappa shape index (κ1) is 15.9. The number of hydrogen-bond acceptors (Lipinski definition) is 7. The average molecular weight is 339 g/mol. The number of nitrogens with zero attached hydrogens (tertiary/aromatic N) is 6. The molecular formula is C17H21N7O. The Balaban J connectivity index is 1.65. The predicted octanol–water partition coefficient (Wildman–Crippen LogP) is 1.51. The van der Waals surface area contributed by atoms with E-state index >= 15 is 0 Å². The molecule has 0 saturated carbocycles. The van der Waals surface area contributed by atoms with E-state index in [9.17, 15) is 0 Å². The van der Waals surface area contributed by atoms with Crippen molar-refractivity contribution in [1.82, 2.24) is 35.4 Å². The Bertz CT molecular complexity index is 885. The van der Waals surface area contributed by atoms with E-state index in [4.69, 9.17) is 4.52 Å². The maximum atomic E-state index is 5.47. The van der Waals surface area contributed by atoms with Gasteiger partial charge in [0.25, 0.3) is 5.89 Å². The fourth-order valence-electron chi connectivity index (χ4n) is 3.09. The van der Waals surface area contributed by atoms with Crippen LogP contribution in [0, 0.1) is 13.8 Å². The lowest BCUT2D eigenvalue weighted by atomic mass is 10.2. The van der Waals surface area contributed by atoms with Crippen LogP contribution in [0.2, 0.25) is 0 Å². The molecule has 0 aliphatic carbocycles. The molecule has 3 aromatic rings. The van der Waals surface area contributed by atoms with Crippen LogP contribution in [0.25, 0.3) is 17.3 Å². The SMILES string of the molecule is Cc1cccc(-n2nnc(-c3nc(C4CNCCN4C)no3)c2C)c1. The van der Waals surface area contributed by atoms with Gasteiger partial charge in [0.15, 0.2) is 11.5 Å². The second-order valence-electron chi connectivity index (χ2n) is 6.43. The number of aryl methyl sites for hydroxylation is 1. The van der Waals surface area contributed by atoms with Gasteiger partial charge in [0.05, 0.1) is 17.4 Å². The monoisotopic (exact) mass is 339 g/mol. The summed E-state index contributed by atoms with van der Waals surface area (Å²) >= 11 is 0. The lowest BCUT2D eigenvalue weighted by Gasteiger charge is -2.30. The number of piperazine rings is 1. The van der Waals surface area contributed by atoms with E-state index in [0.717, 1.165) is 31.0 Å². The summed E-state index contributed by atoms with van der Waals surface area (Å²) in [4.78, 5) is 6.79. The Kier molecular flexibility index (Phi) is 4.06. The van der Waals surface area contributed by atoms with Crippen molar-refractivity contribution < 1.29 is 4.52 Å². The number of benzene rings is 1. The number of likely N-dealkylation sites (N-methyl/N-ethyl adjacent to an activating group) is 1. The molecular weight excluding hydrogens is 318 g/mol. The Labute approximate surface area is 145 Å². The summed E-state index contributed by atoms with van der Waals surface area (Å²) in [6, 6.07) is 8.23. The van der Waals surface area contributed by atoms with E-state index in [2.05, 4.69) is 56.8 Å². The first-order valence-electron chi connectivity index (χ1n) is 8.38. The third kappa shape index (κ3) is 2.94. The molecule has 1 saturated heterocycles. The van der Waals surface area contributed by atoms with E-state index in [0.29, 0.717) is 17.4 Å². The minimum Gasteiger partial charge on any atom is -0.332 e. The third-order valence-electron chi connectivity index (χ3n) is 4.59. The Morgan fingerprint density at radius 1 is 1.28 bits per heavy atom. The molecule has 1 aliphatic rings. The molecule has 0 spiro atoms.